The molecule has 0 saturated carbocycles. The van der Waals surface area contributed by atoms with E-state index in [0.717, 1.165) is 5.56 Å². The summed E-state index contributed by atoms with van der Waals surface area (Å²) in [6, 6.07) is 7.18. The topological polar surface area (TPSA) is 76.5 Å². The van der Waals surface area contributed by atoms with E-state index in [2.05, 4.69) is 10.4 Å². The summed E-state index contributed by atoms with van der Waals surface area (Å²) in [7, 11) is 1.64. The molecule has 24 heavy (non-hydrogen) atoms. The summed E-state index contributed by atoms with van der Waals surface area (Å²) in [5.41, 5.74) is 0.0169. The second kappa shape index (κ2) is 5.67. The average Bonchev–Trinajstić information content (AvgIpc) is 3.01. The minimum Gasteiger partial charge on any atom is -0.465 e. The number of aromatic nitrogens is 2. The Balaban J connectivity index is 1.90. The first-order valence-electron chi connectivity index (χ1n) is 7.78. The van der Waals surface area contributed by atoms with Crippen LogP contribution in [0.25, 0.3) is 0 Å². The fourth-order valence-electron chi connectivity index (χ4n) is 2.65. The monoisotopic (exact) mass is 328 g/mol. The van der Waals surface area contributed by atoms with E-state index in [1.807, 2.05) is 26.0 Å². The summed E-state index contributed by atoms with van der Waals surface area (Å²) >= 11 is 0. The fourth-order valence-corrected chi connectivity index (χ4v) is 2.65. The third-order valence-corrected chi connectivity index (χ3v) is 4.14. The van der Waals surface area contributed by atoms with Crippen LogP contribution in [-0.2, 0) is 16.1 Å². The van der Waals surface area contributed by atoms with E-state index in [4.69, 9.17) is 4.74 Å². The van der Waals surface area contributed by atoms with Gasteiger partial charge in [-0.3, -0.25) is 14.3 Å². The van der Waals surface area contributed by atoms with Gasteiger partial charge in [-0.05, 0) is 38.5 Å². The lowest BCUT2D eigenvalue weighted by Crippen LogP contribution is -2.59. The van der Waals surface area contributed by atoms with Crippen LogP contribution in [0.4, 0.5) is 11.5 Å². The lowest BCUT2D eigenvalue weighted by Gasteiger charge is -2.37. The van der Waals surface area contributed by atoms with Crippen LogP contribution in [0.5, 0.6) is 5.75 Å². The van der Waals surface area contributed by atoms with Crippen molar-refractivity contribution >= 4 is 23.3 Å². The van der Waals surface area contributed by atoms with Gasteiger partial charge in [-0.15, -0.1) is 0 Å². The average molecular weight is 328 g/mol. The predicted molar refractivity (Wildman–Crippen MR) is 90.2 cm³/mol. The maximum Gasteiger partial charge on any atom is 0.280 e. The molecule has 0 radical (unpaired) electrons. The Hall–Kier alpha value is -2.83. The van der Waals surface area contributed by atoms with Crippen LogP contribution in [0.3, 0.4) is 0 Å². The van der Waals surface area contributed by atoms with Gasteiger partial charge in [0.15, 0.2) is 5.82 Å². The number of carbonyl (C=O) groups excluding carboxylic acids is 2. The molecule has 7 heteroatoms. The summed E-state index contributed by atoms with van der Waals surface area (Å²) in [4.78, 5) is 26.9. The summed E-state index contributed by atoms with van der Waals surface area (Å²) in [6.07, 6.45) is 1.76. The molecule has 1 unspecified atom stereocenters. The standard InChI is InChI=1S/C17H20N4O3/c1-5-21-9-8-14(19-21)18-15(22)17(3)16(23)20(4)12-10-11(2)6-7-13(12)24-17/h6-10H,5H2,1-4H3,(H,18,19,22). The van der Waals surface area contributed by atoms with Crippen LogP contribution in [0.1, 0.15) is 19.4 Å². The van der Waals surface area contributed by atoms with E-state index in [0.29, 0.717) is 23.8 Å². The number of ether oxygens (including phenoxy) is 1. The first-order chi connectivity index (χ1) is 11.3. The molecule has 0 aliphatic carbocycles. The van der Waals surface area contributed by atoms with Crippen molar-refractivity contribution in [1.82, 2.24) is 9.78 Å². The molecule has 7 nitrogen and oxygen atoms in total. The molecular weight excluding hydrogens is 308 g/mol. The van der Waals surface area contributed by atoms with Crippen molar-refractivity contribution in [2.24, 2.45) is 0 Å². The Kier molecular flexibility index (Phi) is 3.79. The van der Waals surface area contributed by atoms with Crippen molar-refractivity contribution in [3.63, 3.8) is 0 Å². The largest absolute Gasteiger partial charge is 0.465 e. The molecule has 0 saturated heterocycles. The molecule has 2 aromatic rings. The zero-order valence-corrected chi connectivity index (χ0v) is 14.2. The van der Waals surface area contributed by atoms with Crippen LogP contribution >= 0.6 is 0 Å². The van der Waals surface area contributed by atoms with Gasteiger partial charge in [0.25, 0.3) is 17.4 Å². The highest BCUT2D eigenvalue weighted by atomic mass is 16.5. The molecule has 1 aromatic carbocycles. The number of rotatable bonds is 3. The van der Waals surface area contributed by atoms with Crippen molar-refractivity contribution < 1.29 is 14.3 Å². The lowest BCUT2D eigenvalue weighted by atomic mass is 10.00. The Morgan fingerprint density at radius 2 is 2.12 bits per heavy atom. The maximum absolute atomic E-state index is 12.7. The first kappa shape index (κ1) is 16.0. The highest BCUT2D eigenvalue weighted by Crippen LogP contribution is 2.38. The Labute approximate surface area is 140 Å². The van der Waals surface area contributed by atoms with Crippen LogP contribution in [-0.4, -0.2) is 34.2 Å². The van der Waals surface area contributed by atoms with Crippen LogP contribution in [0.15, 0.2) is 30.5 Å². The Morgan fingerprint density at radius 3 is 2.79 bits per heavy atom. The fraction of sp³-hybridized carbons (Fsp3) is 0.353. The molecule has 1 aliphatic rings. The predicted octanol–water partition coefficient (Wildman–Crippen LogP) is 1.96. The number of carbonyl (C=O) groups is 2. The number of aryl methyl sites for hydroxylation is 2. The quantitative estimate of drug-likeness (QED) is 0.874. The normalized spacial score (nSPS) is 19.7. The van der Waals surface area contributed by atoms with Gasteiger partial charge in [-0.2, -0.15) is 5.10 Å². The van der Waals surface area contributed by atoms with Crippen molar-refractivity contribution in [1.29, 1.82) is 0 Å². The molecule has 1 aliphatic heterocycles. The number of amides is 2. The maximum atomic E-state index is 12.7. The second-order valence-corrected chi connectivity index (χ2v) is 5.98. The molecule has 0 fully saturated rings. The van der Waals surface area contributed by atoms with Gasteiger partial charge < -0.3 is 15.0 Å². The number of anilines is 2. The summed E-state index contributed by atoms with van der Waals surface area (Å²) in [6.45, 7) is 6.05. The van der Waals surface area contributed by atoms with Crippen molar-refractivity contribution in [2.75, 3.05) is 17.3 Å². The first-order valence-corrected chi connectivity index (χ1v) is 7.78. The Bertz CT molecular complexity index is 814. The van der Waals surface area contributed by atoms with Gasteiger partial charge in [0.05, 0.1) is 5.69 Å². The minimum absolute atomic E-state index is 0.386. The number of benzene rings is 1. The summed E-state index contributed by atoms with van der Waals surface area (Å²) in [5.74, 6) is -0.0868. The molecule has 126 valence electrons. The van der Waals surface area contributed by atoms with Crippen molar-refractivity contribution in [2.45, 2.75) is 32.9 Å². The van der Waals surface area contributed by atoms with E-state index in [9.17, 15) is 9.59 Å². The molecule has 3 rings (SSSR count). The van der Waals surface area contributed by atoms with E-state index in [1.165, 1.54) is 11.8 Å². The van der Waals surface area contributed by atoms with Crippen molar-refractivity contribution in [3.8, 4) is 5.75 Å². The lowest BCUT2D eigenvalue weighted by molar-refractivity contribution is -0.144. The van der Waals surface area contributed by atoms with Gasteiger partial charge in [0.1, 0.15) is 5.75 Å². The van der Waals surface area contributed by atoms with Gasteiger partial charge in [-0.25, -0.2) is 0 Å². The van der Waals surface area contributed by atoms with Gasteiger partial charge >= 0.3 is 0 Å². The number of hydrogen-bond acceptors (Lipinski definition) is 4. The molecule has 1 atom stereocenters. The van der Waals surface area contributed by atoms with Crippen molar-refractivity contribution in [3.05, 3.63) is 36.0 Å². The molecule has 2 heterocycles. The van der Waals surface area contributed by atoms with E-state index in [-0.39, 0.29) is 0 Å². The van der Waals surface area contributed by atoms with E-state index < -0.39 is 17.4 Å². The molecule has 0 bridgehead atoms. The molecule has 2 amide bonds. The smallest absolute Gasteiger partial charge is 0.280 e. The van der Waals surface area contributed by atoms with Gasteiger partial charge in [0.2, 0.25) is 0 Å². The summed E-state index contributed by atoms with van der Waals surface area (Å²) < 4.78 is 7.47. The molecule has 1 N–H and O–H groups in total. The number of fused-ring (bicyclic) bond motifs is 1. The zero-order chi connectivity index (χ0) is 17.5. The molecule has 1 aromatic heterocycles. The third kappa shape index (κ3) is 2.51. The zero-order valence-electron chi connectivity index (χ0n) is 14.2. The van der Waals surface area contributed by atoms with Crippen LogP contribution < -0.4 is 15.0 Å². The molecule has 0 spiro atoms. The third-order valence-electron chi connectivity index (χ3n) is 4.14. The molecular formula is C17H20N4O3. The number of hydrogen-bond donors (Lipinski definition) is 1. The number of nitrogens with one attached hydrogen (secondary N) is 1. The van der Waals surface area contributed by atoms with Crippen LogP contribution in [0.2, 0.25) is 0 Å². The number of nitrogens with zero attached hydrogens (tertiary/aromatic N) is 3. The van der Waals surface area contributed by atoms with Crippen LogP contribution in [0, 0.1) is 6.92 Å². The van der Waals surface area contributed by atoms with E-state index in [1.54, 1.807) is 30.1 Å². The van der Waals surface area contributed by atoms with Gasteiger partial charge in [-0.1, -0.05) is 6.07 Å². The highest BCUT2D eigenvalue weighted by Gasteiger charge is 2.49. The SMILES string of the molecule is CCn1ccc(NC(=O)C2(C)Oc3ccc(C)cc3N(C)C2=O)n1. The van der Waals surface area contributed by atoms with E-state index >= 15 is 0 Å². The van der Waals surface area contributed by atoms with Gasteiger partial charge in [0, 0.05) is 25.9 Å². The minimum atomic E-state index is -1.65. The highest BCUT2D eigenvalue weighted by molar-refractivity contribution is 6.19. The summed E-state index contributed by atoms with van der Waals surface area (Å²) in [5, 5.41) is 6.86. The number of likely N-dealkylation sites (N-methyl/N-ethyl adjacent to an activating group) is 1. The Morgan fingerprint density at radius 1 is 1.38 bits per heavy atom. The second-order valence-electron chi connectivity index (χ2n) is 5.98.